The molecule has 0 N–H and O–H groups in total. The van der Waals surface area contributed by atoms with Crippen LogP contribution in [0.15, 0.2) is 24.3 Å². The summed E-state index contributed by atoms with van der Waals surface area (Å²) in [5.41, 5.74) is 0.543. The Morgan fingerprint density at radius 2 is 1.81 bits per heavy atom. The van der Waals surface area contributed by atoms with Crippen molar-refractivity contribution in [1.29, 1.82) is 5.26 Å². The molecule has 0 atom stereocenters. The number of hydrogen-bond acceptors (Lipinski definition) is 2. The predicted octanol–water partition coefficient (Wildman–Crippen LogP) is 2.50. The Hall–Kier alpha value is -2.14. The fourth-order valence-corrected chi connectivity index (χ4v) is 0.900. The molecule has 0 fully saturated rings. The Morgan fingerprint density at radius 3 is 2.31 bits per heavy atom. The molecule has 1 rings (SSSR count). The van der Waals surface area contributed by atoms with E-state index in [1.54, 1.807) is 6.07 Å². The van der Waals surface area contributed by atoms with Crippen LogP contribution in [-0.2, 0) is 0 Å². The number of benzene rings is 1. The first-order chi connectivity index (χ1) is 7.51. The van der Waals surface area contributed by atoms with Gasteiger partial charge in [0.15, 0.2) is 12.7 Å². The lowest BCUT2D eigenvalue weighted by Crippen LogP contribution is -2.19. The highest BCUT2D eigenvalue weighted by atomic mass is 19.4. The molecule has 0 spiro atoms. The van der Waals surface area contributed by atoms with Gasteiger partial charge in [0.2, 0.25) is 0 Å². The monoisotopic (exact) mass is 225 g/mol. The largest absolute Gasteiger partial charge is 0.484 e. The summed E-state index contributed by atoms with van der Waals surface area (Å²) in [5.74, 6) is 4.79. The van der Waals surface area contributed by atoms with Gasteiger partial charge in [0.1, 0.15) is 5.75 Å². The Bertz CT molecular complexity index is 445. The van der Waals surface area contributed by atoms with Crippen LogP contribution >= 0.6 is 0 Å². The third kappa shape index (κ3) is 4.39. The highest BCUT2D eigenvalue weighted by Crippen LogP contribution is 2.18. The molecule has 0 aliphatic carbocycles. The van der Waals surface area contributed by atoms with Crippen molar-refractivity contribution in [3.05, 3.63) is 29.8 Å². The molecule has 0 saturated carbocycles. The van der Waals surface area contributed by atoms with Crippen molar-refractivity contribution < 1.29 is 17.9 Å². The second-order valence-electron chi connectivity index (χ2n) is 2.79. The second-order valence-corrected chi connectivity index (χ2v) is 2.79. The van der Waals surface area contributed by atoms with E-state index in [-0.39, 0.29) is 5.75 Å². The summed E-state index contributed by atoms with van der Waals surface area (Å²) >= 11 is 0. The molecule has 0 radical (unpaired) electrons. The highest BCUT2D eigenvalue weighted by Gasteiger charge is 2.28. The van der Waals surface area contributed by atoms with Crippen LogP contribution in [0.4, 0.5) is 13.2 Å². The second kappa shape index (κ2) is 5.09. The topological polar surface area (TPSA) is 33.0 Å². The number of alkyl halides is 3. The molecule has 0 aromatic heterocycles. The first-order valence-corrected chi connectivity index (χ1v) is 4.21. The molecular formula is C11H6F3NO. The average molecular weight is 225 g/mol. The zero-order chi connectivity index (χ0) is 12.0. The third-order valence-electron chi connectivity index (χ3n) is 1.52. The summed E-state index contributed by atoms with van der Waals surface area (Å²) in [7, 11) is 0. The molecule has 0 aliphatic heterocycles. The maximum atomic E-state index is 11.8. The highest BCUT2D eigenvalue weighted by molar-refractivity contribution is 5.40. The van der Waals surface area contributed by atoms with E-state index in [1.165, 1.54) is 24.3 Å². The van der Waals surface area contributed by atoms with Crippen LogP contribution in [0.5, 0.6) is 5.75 Å². The van der Waals surface area contributed by atoms with Crippen molar-refractivity contribution >= 4 is 0 Å². The van der Waals surface area contributed by atoms with Gasteiger partial charge in [-0.25, -0.2) is 0 Å². The molecule has 0 aliphatic rings. The van der Waals surface area contributed by atoms with Crippen molar-refractivity contribution in [2.24, 2.45) is 0 Å². The number of nitriles is 1. The van der Waals surface area contributed by atoms with Gasteiger partial charge in [-0.1, -0.05) is 5.92 Å². The van der Waals surface area contributed by atoms with Crippen LogP contribution in [0.2, 0.25) is 0 Å². The zero-order valence-electron chi connectivity index (χ0n) is 8.01. The number of rotatable bonds is 2. The van der Waals surface area contributed by atoms with Crippen molar-refractivity contribution in [2.45, 2.75) is 6.18 Å². The lowest BCUT2D eigenvalue weighted by molar-refractivity contribution is -0.153. The van der Waals surface area contributed by atoms with Gasteiger partial charge in [-0.15, -0.1) is 0 Å². The Morgan fingerprint density at radius 1 is 1.19 bits per heavy atom. The van der Waals surface area contributed by atoms with Gasteiger partial charge in [0.05, 0.1) is 0 Å². The van der Waals surface area contributed by atoms with Crippen molar-refractivity contribution in [3.8, 4) is 23.7 Å². The Balaban J connectivity index is 2.62. The van der Waals surface area contributed by atoms with E-state index in [9.17, 15) is 13.2 Å². The average Bonchev–Trinajstić information content (AvgIpc) is 2.24. The lowest BCUT2D eigenvalue weighted by Gasteiger charge is -2.08. The molecule has 1 aromatic rings. The maximum Gasteiger partial charge on any atom is 0.422 e. The summed E-state index contributed by atoms with van der Waals surface area (Å²) in [6.45, 7) is -1.32. The van der Waals surface area contributed by atoms with Gasteiger partial charge < -0.3 is 4.74 Å². The van der Waals surface area contributed by atoms with Gasteiger partial charge in [0, 0.05) is 11.5 Å². The Labute approximate surface area is 90.3 Å². The molecule has 5 heteroatoms. The minimum absolute atomic E-state index is 0.111. The van der Waals surface area contributed by atoms with Gasteiger partial charge in [-0.2, -0.15) is 18.4 Å². The fourth-order valence-electron chi connectivity index (χ4n) is 0.900. The van der Waals surface area contributed by atoms with Gasteiger partial charge in [-0.3, -0.25) is 0 Å². The van der Waals surface area contributed by atoms with E-state index >= 15 is 0 Å². The van der Waals surface area contributed by atoms with Crippen molar-refractivity contribution in [1.82, 2.24) is 0 Å². The van der Waals surface area contributed by atoms with Crippen molar-refractivity contribution in [2.75, 3.05) is 6.61 Å². The van der Waals surface area contributed by atoms with E-state index in [0.29, 0.717) is 5.56 Å². The van der Waals surface area contributed by atoms with Crippen LogP contribution in [0, 0.1) is 23.2 Å². The SMILES string of the molecule is N#CC#Cc1ccc(OCC(F)(F)F)cc1. The van der Waals surface area contributed by atoms with Gasteiger partial charge in [-0.05, 0) is 24.3 Å². The number of ether oxygens (including phenoxy) is 1. The summed E-state index contributed by atoms with van der Waals surface area (Å²) in [5, 5.41) is 8.18. The maximum absolute atomic E-state index is 11.8. The summed E-state index contributed by atoms with van der Waals surface area (Å²) in [6, 6.07) is 7.34. The number of halogens is 3. The van der Waals surface area contributed by atoms with E-state index in [4.69, 9.17) is 5.26 Å². The molecule has 0 unspecified atom stereocenters. The van der Waals surface area contributed by atoms with E-state index in [2.05, 4.69) is 16.6 Å². The van der Waals surface area contributed by atoms with Crippen LogP contribution in [0.25, 0.3) is 0 Å². The summed E-state index contributed by atoms with van der Waals surface area (Å²) in [4.78, 5) is 0. The molecule has 2 nitrogen and oxygen atoms in total. The van der Waals surface area contributed by atoms with Crippen LogP contribution in [-0.4, -0.2) is 12.8 Å². The minimum Gasteiger partial charge on any atom is -0.484 e. The third-order valence-corrected chi connectivity index (χ3v) is 1.52. The van der Waals surface area contributed by atoms with E-state index in [1.807, 2.05) is 0 Å². The molecule has 0 bridgehead atoms. The molecule has 0 amide bonds. The van der Waals surface area contributed by atoms with Crippen LogP contribution < -0.4 is 4.74 Å². The smallest absolute Gasteiger partial charge is 0.422 e. The van der Waals surface area contributed by atoms with Crippen LogP contribution in [0.1, 0.15) is 5.56 Å². The van der Waals surface area contributed by atoms with E-state index in [0.717, 1.165) is 0 Å². The molecule has 16 heavy (non-hydrogen) atoms. The van der Waals surface area contributed by atoms with Crippen molar-refractivity contribution in [3.63, 3.8) is 0 Å². The molecule has 0 saturated heterocycles. The molecular weight excluding hydrogens is 219 g/mol. The quantitative estimate of drug-likeness (QED) is 0.724. The normalized spacial score (nSPS) is 9.88. The molecule has 0 heterocycles. The Kier molecular flexibility index (Phi) is 3.79. The standard InChI is InChI=1S/C11H6F3NO/c12-11(13,14)8-16-10-5-3-9(4-6-10)2-1-7-15/h3-6H,8H2. The first-order valence-electron chi connectivity index (χ1n) is 4.21. The number of hydrogen-bond donors (Lipinski definition) is 0. The summed E-state index contributed by atoms with van der Waals surface area (Å²) < 4.78 is 39.9. The van der Waals surface area contributed by atoms with E-state index < -0.39 is 12.8 Å². The molecule has 1 aromatic carbocycles. The first kappa shape index (κ1) is 11.9. The van der Waals surface area contributed by atoms with Gasteiger partial charge in [0.25, 0.3) is 0 Å². The minimum atomic E-state index is -4.35. The number of nitrogens with zero attached hydrogens (tertiary/aromatic N) is 1. The fraction of sp³-hybridized carbons (Fsp3) is 0.182. The zero-order valence-corrected chi connectivity index (χ0v) is 8.01. The summed E-state index contributed by atoms with van der Waals surface area (Å²) in [6.07, 6.45) is -4.35. The van der Waals surface area contributed by atoms with Crippen LogP contribution in [0.3, 0.4) is 0 Å². The van der Waals surface area contributed by atoms with Gasteiger partial charge >= 0.3 is 6.18 Å². The molecule has 82 valence electrons. The lowest BCUT2D eigenvalue weighted by atomic mass is 10.2. The predicted molar refractivity (Wildman–Crippen MR) is 50.5 cm³/mol.